The van der Waals surface area contributed by atoms with Gasteiger partial charge in [-0.1, -0.05) is 64.7 Å². The molecular weight excluding hydrogens is 303 g/mol. The maximum atomic E-state index is 10.2. The zero-order valence-corrected chi connectivity index (χ0v) is 17.3. The molecule has 0 radical (unpaired) electrons. The molecule has 0 rings (SSSR count). The molecule has 0 spiro atoms. The third kappa shape index (κ3) is 27.9. The van der Waals surface area contributed by atoms with Gasteiger partial charge in [-0.3, -0.25) is 4.55 Å². The number of unbranched alkanes of at least 4 members (excludes halogenated alkanes) is 9. The van der Waals surface area contributed by atoms with E-state index in [4.69, 9.17) is 4.55 Å². The van der Waals surface area contributed by atoms with Gasteiger partial charge in [0.15, 0.2) is 0 Å². The Bertz CT molecular complexity index is 275. The average molecular weight is 335 g/mol. The van der Waals surface area contributed by atoms with E-state index in [2.05, 4.69) is 11.1 Å². The van der Waals surface area contributed by atoms with Gasteiger partial charge < -0.3 is 9.76 Å². The van der Waals surface area contributed by atoms with Crippen LogP contribution in [0.4, 0.5) is 0 Å². The van der Waals surface area contributed by atoms with E-state index in [1.165, 1.54) is 44.9 Å². The zero-order chi connectivity index (χ0) is 13.0. The van der Waals surface area contributed by atoms with Crippen molar-refractivity contribution < 1.29 is 56.5 Å². The van der Waals surface area contributed by atoms with E-state index in [1.807, 2.05) is 0 Å². The summed E-state index contributed by atoms with van der Waals surface area (Å²) in [6, 6.07) is 0. The molecule has 0 aliphatic carbocycles. The van der Waals surface area contributed by atoms with E-state index < -0.39 is 10.4 Å². The second-order valence-electron chi connectivity index (χ2n) is 4.43. The van der Waals surface area contributed by atoms with E-state index in [0.29, 0.717) is 6.42 Å². The summed E-state index contributed by atoms with van der Waals surface area (Å²) in [5.41, 5.74) is 0. The Morgan fingerprint density at radius 2 is 1.25 bits per heavy atom. The van der Waals surface area contributed by atoms with Gasteiger partial charge in [0, 0.05) is 0 Å². The summed E-state index contributed by atoms with van der Waals surface area (Å²) in [6.45, 7) is 2.31. The van der Waals surface area contributed by atoms with Crippen LogP contribution in [0.3, 0.4) is 0 Å². The van der Waals surface area contributed by atoms with Crippen molar-refractivity contribution >= 4 is 33.5 Å². The maximum absolute atomic E-state index is 10.2. The Balaban J connectivity index is -0.0000000853. The van der Waals surface area contributed by atoms with Gasteiger partial charge >= 0.3 is 63.0 Å². The quantitative estimate of drug-likeness (QED) is 0.305. The molecule has 0 aliphatic rings. The number of hydrogen-bond donors (Lipinski definition) is 1. The maximum Gasteiger partial charge on any atom is 2.00 e. The number of hydrogen-bond acceptors (Lipinski definition) is 3. The molecule has 0 saturated heterocycles. The molecule has 0 amide bonds. The SMILES string of the molecule is CCCCCCCCCCCCOS(=O)(=O)O.O.[H-].[H-].[H-].[Mg+2].[Na+]. The van der Waals surface area contributed by atoms with Gasteiger partial charge in [-0.2, -0.15) is 8.42 Å². The van der Waals surface area contributed by atoms with E-state index in [0.717, 1.165) is 12.8 Å². The molecule has 0 heterocycles. The van der Waals surface area contributed by atoms with Crippen molar-refractivity contribution in [1.82, 2.24) is 0 Å². The average Bonchev–Trinajstić information content (AvgIpc) is 2.24. The van der Waals surface area contributed by atoms with Crippen LogP contribution in [0, 0.1) is 0 Å². The summed E-state index contributed by atoms with van der Waals surface area (Å²) in [6.07, 6.45) is 11.9. The Morgan fingerprint density at radius 1 is 0.900 bits per heavy atom. The molecule has 0 unspecified atom stereocenters. The molecule has 0 bridgehead atoms. The summed E-state index contributed by atoms with van der Waals surface area (Å²) < 4.78 is 33.0. The predicted molar refractivity (Wildman–Crippen MR) is 82.0 cm³/mol. The smallest absolute Gasteiger partial charge is 1.00 e. The van der Waals surface area contributed by atoms with Crippen molar-refractivity contribution in [3.63, 3.8) is 0 Å². The summed E-state index contributed by atoms with van der Waals surface area (Å²) in [7, 11) is -4.23. The molecule has 20 heavy (non-hydrogen) atoms. The Hall–Kier alpha value is 1.60. The Labute approximate surface area is 166 Å². The van der Waals surface area contributed by atoms with E-state index in [-0.39, 0.29) is 69.0 Å². The monoisotopic (exact) mass is 334 g/mol. The van der Waals surface area contributed by atoms with Gasteiger partial charge in [0.05, 0.1) is 6.61 Å². The molecule has 0 atom stereocenters. The fraction of sp³-hybridized carbons (Fsp3) is 1.00. The molecule has 0 aromatic carbocycles. The minimum absolute atomic E-state index is 0. The second kappa shape index (κ2) is 20.6. The standard InChI is InChI=1S/C12H26O4S.Mg.Na.H2O.3H/c1-2-3-4-5-6-7-8-9-10-11-12-16-17(13,14)15;;;;;;/h2-12H2,1H3,(H,13,14,15);;;1H2;;;/q;+2;+1;;3*-1. The van der Waals surface area contributed by atoms with Crippen molar-refractivity contribution in [3.8, 4) is 0 Å². The van der Waals surface area contributed by atoms with Crippen LogP contribution < -0.4 is 29.6 Å². The summed E-state index contributed by atoms with van der Waals surface area (Å²) in [4.78, 5) is 0. The Kier molecular flexibility index (Phi) is 30.5. The molecule has 0 aromatic heterocycles. The largest absolute Gasteiger partial charge is 2.00 e. The van der Waals surface area contributed by atoms with E-state index in [1.54, 1.807) is 0 Å². The molecule has 3 N–H and O–H groups in total. The van der Waals surface area contributed by atoms with E-state index in [9.17, 15) is 8.42 Å². The fourth-order valence-corrected chi connectivity index (χ4v) is 2.08. The first-order valence-electron chi connectivity index (χ1n) is 6.68. The van der Waals surface area contributed by atoms with Gasteiger partial charge in [0.25, 0.3) is 0 Å². The summed E-state index contributed by atoms with van der Waals surface area (Å²) >= 11 is 0. The predicted octanol–water partition coefficient (Wildman–Crippen LogP) is -0.137. The van der Waals surface area contributed by atoms with Crippen molar-refractivity contribution in [2.24, 2.45) is 0 Å². The second-order valence-corrected chi connectivity index (χ2v) is 5.52. The van der Waals surface area contributed by atoms with Gasteiger partial charge in [-0.25, -0.2) is 4.18 Å². The van der Waals surface area contributed by atoms with Crippen LogP contribution in [0.5, 0.6) is 0 Å². The molecule has 0 fully saturated rings. The third-order valence-corrected chi connectivity index (χ3v) is 3.19. The van der Waals surface area contributed by atoms with Gasteiger partial charge in [0.2, 0.25) is 0 Å². The minimum Gasteiger partial charge on any atom is -1.00 e. The minimum atomic E-state index is -4.23. The van der Waals surface area contributed by atoms with Gasteiger partial charge in [-0.15, -0.1) is 0 Å². The normalized spacial score (nSPS) is 10.1. The summed E-state index contributed by atoms with van der Waals surface area (Å²) in [5.74, 6) is 0. The molecular formula is C12H31MgNaO5S. The van der Waals surface area contributed by atoms with Crippen LogP contribution in [-0.2, 0) is 14.6 Å². The van der Waals surface area contributed by atoms with Crippen LogP contribution in [0.15, 0.2) is 0 Å². The van der Waals surface area contributed by atoms with Crippen molar-refractivity contribution in [2.75, 3.05) is 6.61 Å². The van der Waals surface area contributed by atoms with Crippen LogP contribution in [0.1, 0.15) is 75.4 Å². The molecule has 8 heteroatoms. The van der Waals surface area contributed by atoms with Crippen LogP contribution in [0.25, 0.3) is 0 Å². The molecule has 5 nitrogen and oxygen atoms in total. The first kappa shape index (κ1) is 29.6. The van der Waals surface area contributed by atoms with Crippen LogP contribution in [-0.4, -0.2) is 48.1 Å². The van der Waals surface area contributed by atoms with Gasteiger partial charge in [-0.05, 0) is 6.42 Å². The molecule has 0 aliphatic heterocycles. The first-order chi connectivity index (χ1) is 8.06. The first-order valence-corrected chi connectivity index (χ1v) is 8.04. The van der Waals surface area contributed by atoms with Crippen molar-refractivity contribution in [2.45, 2.75) is 71.1 Å². The summed E-state index contributed by atoms with van der Waals surface area (Å²) in [5, 5.41) is 0. The van der Waals surface area contributed by atoms with Crippen LogP contribution in [0.2, 0.25) is 0 Å². The molecule has 0 saturated carbocycles. The molecule has 0 aromatic rings. The van der Waals surface area contributed by atoms with Crippen molar-refractivity contribution in [3.05, 3.63) is 0 Å². The van der Waals surface area contributed by atoms with Crippen molar-refractivity contribution in [1.29, 1.82) is 0 Å². The topological polar surface area (TPSA) is 95.1 Å². The van der Waals surface area contributed by atoms with E-state index >= 15 is 0 Å². The third-order valence-electron chi connectivity index (χ3n) is 2.73. The zero-order valence-electron chi connectivity index (χ0n) is 16.1. The van der Waals surface area contributed by atoms with Crippen LogP contribution >= 0.6 is 0 Å². The van der Waals surface area contributed by atoms with Gasteiger partial charge in [0.1, 0.15) is 0 Å². The number of rotatable bonds is 12. The fourth-order valence-electron chi connectivity index (χ4n) is 1.75. The Morgan fingerprint density at radius 3 is 1.60 bits per heavy atom. The molecule has 118 valence electrons.